The van der Waals surface area contributed by atoms with Crippen molar-refractivity contribution in [2.45, 2.75) is 19.1 Å². The van der Waals surface area contributed by atoms with Crippen LogP contribution >= 0.6 is 0 Å². The van der Waals surface area contributed by atoms with Crippen LogP contribution in [0.15, 0.2) is 0 Å². The minimum absolute atomic E-state index is 0.254. The fourth-order valence-corrected chi connectivity index (χ4v) is 2.15. The standard InChI is InChI=1S/C7H12N2O3S/c1-3-13(12)6-4-9(7(6)11)8-5(2)10/h6H,3-4H2,1-2H3,(H,8,10)/t6-,13?/m1/s1. The van der Waals surface area contributed by atoms with Crippen LogP contribution < -0.4 is 5.43 Å². The number of hydrazine groups is 1. The zero-order valence-corrected chi connectivity index (χ0v) is 8.39. The molecule has 0 bridgehead atoms. The van der Waals surface area contributed by atoms with Gasteiger partial charge in [-0.25, -0.2) is 0 Å². The lowest BCUT2D eigenvalue weighted by Crippen LogP contribution is -2.64. The summed E-state index contributed by atoms with van der Waals surface area (Å²) in [5.74, 6) is -0.0610. The van der Waals surface area contributed by atoms with E-state index in [4.69, 9.17) is 0 Å². The summed E-state index contributed by atoms with van der Waals surface area (Å²) in [6, 6.07) is 0. The maximum atomic E-state index is 11.2. The first-order chi connectivity index (χ1) is 6.06. The van der Waals surface area contributed by atoms with Crippen molar-refractivity contribution in [3.63, 3.8) is 0 Å². The van der Waals surface area contributed by atoms with Crippen LogP contribution in [0.25, 0.3) is 0 Å². The molecule has 1 saturated heterocycles. The summed E-state index contributed by atoms with van der Waals surface area (Å²) in [6.07, 6.45) is 0. The van der Waals surface area contributed by atoms with E-state index in [1.54, 1.807) is 6.92 Å². The van der Waals surface area contributed by atoms with E-state index in [-0.39, 0.29) is 11.8 Å². The van der Waals surface area contributed by atoms with Gasteiger partial charge in [0.1, 0.15) is 5.25 Å². The number of β-lactam (4-membered cyclic amide) rings is 1. The Bertz CT molecular complexity index is 266. The van der Waals surface area contributed by atoms with Crippen LogP contribution in [0.2, 0.25) is 0 Å². The summed E-state index contributed by atoms with van der Waals surface area (Å²) in [5.41, 5.74) is 2.35. The predicted octanol–water partition coefficient (Wildman–Crippen LogP) is -0.983. The van der Waals surface area contributed by atoms with Crippen LogP contribution in [-0.4, -0.2) is 38.6 Å². The first-order valence-electron chi connectivity index (χ1n) is 4.02. The summed E-state index contributed by atoms with van der Waals surface area (Å²) in [7, 11) is -1.09. The average molecular weight is 204 g/mol. The van der Waals surface area contributed by atoms with Gasteiger partial charge in [-0.15, -0.1) is 0 Å². The van der Waals surface area contributed by atoms with Crippen LogP contribution in [0.1, 0.15) is 13.8 Å². The number of rotatable bonds is 3. The lowest BCUT2D eigenvalue weighted by Gasteiger charge is -2.36. The van der Waals surface area contributed by atoms with Crippen molar-refractivity contribution >= 4 is 22.6 Å². The van der Waals surface area contributed by atoms with E-state index < -0.39 is 16.0 Å². The second-order valence-corrected chi connectivity index (χ2v) is 4.68. The average Bonchev–Trinajstić information content (AvgIpc) is 2.09. The number of hydrogen-bond acceptors (Lipinski definition) is 3. The van der Waals surface area contributed by atoms with E-state index >= 15 is 0 Å². The van der Waals surface area contributed by atoms with Crippen molar-refractivity contribution in [1.82, 2.24) is 10.4 Å². The van der Waals surface area contributed by atoms with Gasteiger partial charge in [-0.2, -0.15) is 0 Å². The predicted molar refractivity (Wildman–Crippen MR) is 48.0 cm³/mol. The van der Waals surface area contributed by atoms with E-state index in [0.29, 0.717) is 12.3 Å². The van der Waals surface area contributed by atoms with Gasteiger partial charge in [-0.1, -0.05) is 6.92 Å². The first-order valence-corrected chi connectivity index (χ1v) is 5.40. The fraction of sp³-hybridized carbons (Fsp3) is 0.714. The first kappa shape index (κ1) is 10.2. The Labute approximate surface area is 78.9 Å². The SMILES string of the molecule is CCS(=O)[C@@H]1CN(NC(C)=O)C1=O. The highest BCUT2D eigenvalue weighted by molar-refractivity contribution is 7.86. The highest BCUT2D eigenvalue weighted by atomic mass is 32.2. The number of carbonyl (C=O) groups is 2. The second-order valence-electron chi connectivity index (χ2n) is 2.77. The molecule has 0 saturated carbocycles. The molecule has 0 aromatic rings. The highest BCUT2D eigenvalue weighted by Gasteiger charge is 2.41. The van der Waals surface area contributed by atoms with Gasteiger partial charge in [0.05, 0.1) is 6.54 Å². The summed E-state index contributed by atoms with van der Waals surface area (Å²) < 4.78 is 11.2. The van der Waals surface area contributed by atoms with Crippen molar-refractivity contribution < 1.29 is 13.8 Å². The smallest absolute Gasteiger partial charge is 0.258 e. The molecule has 13 heavy (non-hydrogen) atoms. The van der Waals surface area contributed by atoms with E-state index in [9.17, 15) is 13.8 Å². The largest absolute Gasteiger partial charge is 0.274 e. The van der Waals surface area contributed by atoms with Crippen molar-refractivity contribution in [1.29, 1.82) is 0 Å². The Kier molecular flexibility index (Phi) is 3.02. The van der Waals surface area contributed by atoms with E-state index in [0.717, 1.165) is 0 Å². The van der Waals surface area contributed by atoms with Crippen LogP contribution in [0, 0.1) is 0 Å². The Morgan fingerprint density at radius 2 is 2.38 bits per heavy atom. The molecule has 0 aromatic carbocycles. The van der Waals surface area contributed by atoms with Gasteiger partial charge in [0.25, 0.3) is 5.91 Å². The maximum Gasteiger partial charge on any atom is 0.258 e. The molecule has 0 radical (unpaired) electrons. The lowest BCUT2D eigenvalue weighted by molar-refractivity contribution is -0.148. The van der Waals surface area contributed by atoms with Gasteiger partial charge >= 0.3 is 0 Å². The zero-order valence-electron chi connectivity index (χ0n) is 7.57. The van der Waals surface area contributed by atoms with Crippen molar-refractivity contribution in [2.24, 2.45) is 0 Å². The molecule has 1 unspecified atom stereocenters. The fourth-order valence-electron chi connectivity index (χ4n) is 1.08. The molecule has 2 atom stereocenters. The van der Waals surface area contributed by atoms with Crippen LogP contribution in [-0.2, 0) is 20.4 Å². The molecular formula is C7H12N2O3S. The number of hydrogen-bond donors (Lipinski definition) is 1. The van der Waals surface area contributed by atoms with Crippen LogP contribution in [0.4, 0.5) is 0 Å². The zero-order chi connectivity index (χ0) is 10.0. The molecule has 1 fully saturated rings. The van der Waals surface area contributed by atoms with Crippen LogP contribution in [0.3, 0.4) is 0 Å². The Morgan fingerprint density at radius 1 is 1.77 bits per heavy atom. The monoisotopic (exact) mass is 204 g/mol. The Morgan fingerprint density at radius 3 is 2.77 bits per heavy atom. The molecule has 1 N–H and O–H groups in total. The third-order valence-corrected chi connectivity index (χ3v) is 3.34. The van der Waals surface area contributed by atoms with E-state index in [1.807, 2.05) is 0 Å². The normalized spacial score (nSPS) is 23.7. The second kappa shape index (κ2) is 3.87. The molecule has 1 aliphatic rings. The van der Waals surface area contributed by atoms with Gasteiger partial charge in [-0.05, 0) is 0 Å². The summed E-state index contributed by atoms with van der Waals surface area (Å²) in [6.45, 7) is 3.46. The maximum absolute atomic E-state index is 11.2. The minimum Gasteiger partial charge on any atom is -0.274 e. The third-order valence-electron chi connectivity index (χ3n) is 1.78. The number of amides is 2. The lowest BCUT2D eigenvalue weighted by atomic mass is 10.2. The van der Waals surface area contributed by atoms with Gasteiger partial charge in [-0.3, -0.25) is 24.2 Å². The minimum atomic E-state index is -1.09. The topological polar surface area (TPSA) is 66.5 Å². The number of nitrogens with one attached hydrogen (secondary N) is 1. The molecule has 6 heteroatoms. The molecule has 0 spiro atoms. The van der Waals surface area contributed by atoms with E-state index in [1.165, 1.54) is 11.9 Å². The van der Waals surface area contributed by atoms with Gasteiger partial charge in [0.15, 0.2) is 0 Å². The molecule has 0 aromatic heterocycles. The van der Waals surface area contributed by atoms with Gasteiger partial charge in [0, 0.05) is 23.5 Å². The van der Waals surface area contributed by atoms with Crippen LogP contribution in [0.5, 0.6) is 0 Å². The number of carbonyl (C=O) groups excluding carboxylic acids is 2. The van der Waals surface area contributed by atoms with Crippen molar-refractivity contribution in [3.8, 4) is 0 Å². The summed E-state index contributed by atoms with van der Waals surface area (Å²) >= 11 is 0. The molecule has 1 heterocycles. The Hall–Kier alpha value is -0.910. The molecule has 74 valence electrons. The quantitative estimate of drug-likeness (QED) is 0.601. The van der Waals surface area contributed by atoms with Crippen molar-refractivity contribution in [3.05, 3.63) is 0 Å². The molecule has 1 aliphatic heterocycles. The van der Waals surface area contributed by atoms with Gasteiger partial charge < -0.3 is 0 Å². The number of nitrogens with zero attached hydrogens (tertiary/aromatic N) is 1. The Balaban J connectivity index is 2.43. The molecular weight excluding hydrogens is 192 g/mol. The van der Waals surface area contributed by atoms with Crippen molar-refractivity contribution in [2.75, 3.05) is 12.3 Å². The molecule has 0 aliphatic carbocycles. The van der Waals surface area contributed by atoms with E-state index in [2.05, 4.69) is 5.43 Å². The highest BCUT2D eigenvalue weighted by Crippen LogP contribution is 2.13. The summed E-state index contributed by atoms with van der Waals surface area (Å²) in [4.78, 5) is 21.8. The third kappa shape index (κ3) is 2.06. The van der Waals surface area contributed by atoms with Gasteiger partial charge in [0.2, 0.25) is 5.91 Å². The molecule has 2 amide bonds. The molecule has 5 nitrogen and oxygen atoms in total. The molecule has 1 rings (SSSR count). The summed E-state index contributed by atoms with van der Waals surface area (Å²) in [5, 5.41) is 0.775.